The van der Waals surface area contributed by atoms with E-state index in [4.69, 9.17) is 0 Å². The fourth-order valence-electron chi connectivity index (χ4n) is 0.596. The van der Waals surface area contributed by atoms with Crippen LogP contribution in [0.2, 0.25) is 0 Å². The van der Waals surface area contributed by atoms with Crippen LogP contribution < -0.4 is 0 Å². The first-order valence-electron chi connectivity index (χ1n) is 2.51. The molecule has 8 heavy (non-hydrogen) atoms. The van der Waals surface area contributed by atoms with E-state index in [0.29, 0.717) is 0 Å². The number of hydrogen-bond donors (Lipinski definition) is 0. The predicted molar refractivity (Wildman–Crippen MR) is 29.3 cm³/mol. The summed E-state index contributed by atoms with van der Waals surface area (Å²) in [6.45, 7) is 3.62. The maximum absolute atomic E-state index is 10.5. The van der Waals surface area contributed by atoms with Crippen LogP contribution in [0.1, 0.15) is 6.42 Å². The average Bonchev–Trinajstić information content (AvgIpc) is 2.45. The summed E-state index contributed by atoms with van der Waals surface area (Å²) in [5.41, 5.74) is 0.997. The normalized spacial score (nSPS) is 25.1. The van der Waals surface area contributed by atoms with Crippen molar-refractivity contribution in [3.05, 3.63) is 12.2 Å². The van der Waals surface area contributed by atoms with E-state index in [1.165, 1.54) is 7.11 Å². The van der Waals surface area contributed by atoms with Crippen molar-refractivity contribution in [1.29, 1.82) is 0 Å². The van der Waals surface area contributed by atoms with E-state index in [2.05, 4.69) is 11.3 Å². The summed E-state index contributed by atoms with van der Waals surface area (Å²) < 4.78 is 4.44. The van der Waals surface area contributed by atoms with E-state index in [0.717, 1.165) is 12.0 Å². The van der Waals surface area contributed by atoms with Crippen molar-refractivity contribution in [2.75, 3.05) is 7.11 Å². The Kier molecular flexibility index (Phi) is 1.08. The second kappa shape index (κ2) is 1.62. The molecule has 1 atom stereocenters. The topological polar surface area (TPSA) is 26.3 Å². The molecule has 1 unspecified atom stereocenters. The highest BCUT2D eigenvalue weighted by Gasteiger charge is 2.35. The number of esters is 1. The lowest BCUT2D eigenvalue weighted by Gasteiger charge is -1.89. The van der Waals surface area contributed by atoms with E-state index >= 15 is 0 Å². The van der Waals surface area contributed by atoms with E-state index in [1.54, 1.807) is 0 Å². The molecule has 1 rings (SSSR count). The van der Waals surface area contributed by atoms with Crippen LogP contribution in [-0.2, 0) is 9.53 Å². The third-order valence-corrected chi connectivity index (χ3v) is 1.28. The van der Waals surface area contributed by atoms with Crippen LogP contribution in [0, 0.1) is 5.92 Å². The van der Waals surface area contributed by atoms with Crippen molar-refractivity contribution >= 4 is 5.97 Å². The molecule has 0 aromatic heterocycles. The molecule has 0 amide bonds. The van der Waals surface area contributed by atoms with Gasteiger partial charge in [0.2, 0.25) is 0 Å². The maximum atomic E-state index is 10.5. The van der Waals surface area contributed by atoms with Crippen molar-refractivity contribution in [1.82, 2.24) is 0 Å². The van der Waals surface area contributed by atoms with Gasteiger partial charge in [-0.2, -0.15) is 0 Å². The highest BCUT2D eigenvalue weighted by molar-refractivity contribution is 5.80. The lowest BCUT2D eigenvalue weighted by Crippen LogP contribution is -2.01. The van der Waals surface area contributed by atoms with Crippen LogP contribution in [0.5, 0.6) is 0 Å². The zero-order chi connectivity index (χ0) is 6.15. The first-order valence-corrected chi connectivity index (χ1v) is 2.51. The molecular formula is C6H8O2. The minimum absolute atomic E-state index is 0.0278. The van der Waals surface area contributed by atoms with Gasteiger partial charge in [-0.3, -0.25) is 4.79 Å². The second-order valence-corrected chi connectivity index (χ2v) is 1.94. The van der Waals surface area contributed by atoms with Crippen LogP contribution in [-0.4, -0.2) is 13.1 Å². The van der Waals surface area contributed by atoms with Gasteiger partial charge in [0.25, 0.3) is 0 Å². The summed E-state index contributed by atoms with van der Waals surface area (Å²) >= 11 is 0. The van der Waals surface area contributed by atoms with E-state index in [9.17, 15) is 4.79 Å². The lowest BCUT2D eigenvalue weighted by atomic mass is 10.4. The quantitative estimate of drug-likeness (QED) is 0.369. The molecule has 1 aliphatic rings. The second-order valence-electron chi connectivity index (χ2n) is 1.94. The van der Waals surface area contributed by atoms with Gasteiger partial charge < -0.3 is 4.74 Å². The molecule has 1 fully saturated rings. The molecule has 44 valence electrons. The summed E-state index contributed by atoms with van der Waals surface area (Å²) in [5.74, 6) is -0.116. The van der Waals surface area contributed by atoms with Crippen LogP contribution in [0.15, 0.2) is 12.2 Å². The monoisotopic (exact) mass is 112 g/mol. The van der Waals surface area contributed by atoms with Crippen molar-refractivity contribution in [2.45, 2.75) is 6.42 Å². The van der Waals surface area contributed by atoms with Crippen LogP contribution in [0.4, 0.5) is 0 Å². The van der Waals surface area contributed by atoms with Crippen molar-refractivity contribution in [3.63, 3.8) is 0 Å². The molecule has 0 N–H and O–H groups in total. The van der Waals surface area contributed by atoms with Crippen molar-refractivity contribution in [3.8, 4) is 0 Å². The predicted octanol–water partition coefficient (Wildman–Crippen LogP) is 0.736. The zero-order valence-electron chi connectivity index (χ0n) is 4.81. The number of rotatable bonds is 1. The van der Waals surface area contributed by atoms with Gasteiger partial charge in [0.1, 0.15) is 0 Å². The maximum Gasteiger partial charge on any atom is 0.313 e. The van der Waals surface area contributed by atoms with E-state index < -0.39 is 0 Å². The van der Waals surface area contributed by atoms with Crippen LogP contribution in [0.25, 0.3) is 0 Å². The Labute approximate surface area is 48.1 Å². The van der Waals surface area contributed by atoms with Gasteiger partial charge in [0.05, 0.1) is 13.0 Å². The number of ether oxygens (including phenoxy) is 1. The Hall–Kier alpha value is -0.790. The summed E-state index contributed by atoms with van der Waals surface area (Å²) in [5, 5.41) is 0. The standard InChI is InChI=1S/C6H8O2/c1-4-3-5(4)6(7)8-2/h5H,1,3H2,2H3. The van der Waals surface area contributed by atoms with Gasteiger partial charge in [0.15, 0.2) is 0 Å². The molecule has 0 spiro atoms. The fraction of sp³-hybridized carbons (Fsp3) is 0.500. The van der Waals surface area contributed by atoms with E-state index in [-0.39, 0.29) is 11.9 Å². The molecule has 0 aliphatic heterocycles. The fourth-order valence-corrected chi connectivity index (χ4v) is 0.596. The van der Waals surface area contributed by atoms with Gasteiger partial charge >= 0.3 is 5.97 Å². The molecule has 0 aromatic rings. The molecule has 0 bridgehead atoms. The largest absolute Gasteiger partial charge is 0.469 e. The summed E-state index contributed by atoms with van der Waals surface area (Å²) in [6.07, 6.45) is 0.826. The first kappa shape index (κ1) is 5.35. The zero-order valence-corrected chi connectivity index (χ0v) is 4.81. The Bertz CT molecular complexity index is 137. The Morgan fingerprint density at radius 3 is 2.62 bits per heavy atom. The van der Waals surface area contributed by atoms with Gasteiger partial charge in [-0.1, -0.05) is 12.2 Å². The molecule has 2 nitrogen and oxygen atoms in total. The minimum atomic E-state index is -0.144. The third kappa shape index (κ3) is 0.735. The molecule has 0 heterocycles. The number of hydrogen-bond acceptors (Lipinski definition) is 2. The molecule has 0 radical (unpaired) electrons. The Balaban J connectivity index is 2.39. The molecule has 0 saturated heterocycles. The highest BCUT2D eigenvalue weighted by Crippen LogP contribution is 2.36. The minimum Gasteiger partial charge on any atom is -0.469 e. The molecule has 1 saturated carbocycles. The summed E-state index contributed by atoms with van der Waals surface area (Å²) in [7, 11) is 1.40. The van der Waals surface area contributed by atoms with Gasteiger partial charge in [0, 0.05) is 0 Å². The van der Waals surface area contributed by atoms with Crippen LogP contribution in [0.3, 0.4) is 0 Å². The van der Waals surface area contributed by atoms with Crippen LogP contribution >= 0.6 is 0 Å². The SMILES string of the molecule is C=C1CC1C(=O)OC. The van der Waals surface area contributed by atoms with Gasteiger partial charge in [-0.15, -0.1) is 0 Å². The Morgan fingerprint density at radius 2 is 2.50 bits per heavy atom. The summed E-state index contributed by atoms with van der Waals surface area (Å²) in [6, 6.07) is 0. The van der Waals surface area contributed by atoms with Crippen molar-refractivity contribution < 1.29 is 9.53 Å². The smallest absolute Gasteiger partial charge is 0.313 e. The Morgan fingerprint density at radius 1 is 2.00 bits per heavy atom. The van der Waals surface area contributed by atoms with Crippen molar-refractivity contribution in [2.24, 2.45) is 5.92 Å². The lowest BCUT2D eigenvalue weighted by molar-refractivity contribution is -0.141. The van der Waals surface area contributed by atoms with E-state index in [1.807, 2.05) is 0 Å². The molecule has 2 heteroatoms. The summed E-state index contributed by atoms with van der Waals surface area (Å²) in [4.78, 5) is 10.5. The number of carbonyl (C=O) groups excluding carboxylic acids is 1. The molecule has 1 aliphatic carbocycles. The van der Waals surface area contributed by atoms with Gasteiger partial charge in [-0.05, 0) is 6.42 Å². The first-order chi connectivity index (χ1) is 3.75. The van der Waals surface area contributed by atoms with Gasteiger partial charge in [-0.25, -0.2) is 0 Å². The third-order valence-electron chi connectivity index (χ3n) is 1.28. The molecule has 0 aromatic carbocycles. The number of carbonyl (C=O) groups is 1. The highest BCUT2D eigenvalue weighted by atomic mass is 16.5. The molecular weight excluding hydrogens is 104 g/mol. The average molecular weight is 112 g/mol. The number of methoxy groups -OCH3 is 1.